The highest BCUT2D eigenvalue weighted by molar-refractivity contribution is 6.30. The largest absolute Gasteiger partial charge is 0.386 e. The third-order valence-electron chi connectivity index (χ3n) is 5.05. The van der Waals surface area contributed by atoms with Gasteiger partial charge in [-0.15, -0.1) is 0 Å². The van der Waals surface area contributed by atoms with Crippen LogP contribution in [0, 0.1) is 11.3 Å². The zero-order chi connectivity index (χ0) is 19.9. The molecular weight excluding hydrogens is 370 g/mol. The number of nitrogens with one attached hydrogen (secondary N) is 2. The molecule has 1 unspecified atom stereocenters. The van der Waals surface area contributed by atoms with Crippen molar-refractivity contribution in [1.82, 2.24) is 10.6 Å². The summed E-state index contributed by atoms with van der Waals surface area (Å²) < 4.78 is 0. The predicted octanol–water partition coefficient (Wildman–Crippen LogP) is 4.59. The highest BCUT2D eigenvalue weighted by Gasteiger charge is 2.16. The highest BCUT2D eigenvalue weighted by atomic mass is 35.5. The molecule has 0 spiro atoms. The smallest absolute Gasteiger partial charge is 0.263 e. The van der Waals surface area contributed by atoms with E-state index in [2.05, 4.69) is 28.8 Å². The lowest BCUT2D eigenvalue weighted by atomic mass is 9.89. The first-order valence-corrected chi connectivity index (χ1v) is 9.95. The van der Waals surface area contributed by atoms with E-state index in [0.717, 1.165) is 24.0 Å². The zero-order valence-corrected chi connectivity index (χ0v) is 16.7. The van der Waals surface area contributed by atoms with Crippen LogP contribution in [0.4, 0.5) is 0 Å². The Morgan fingerprint density at radius 1 is 1.18 bits per heavy atom. The van der Waals surface area contributed by atoms with E-state index >= 15 is 0 Å². The van der Waals surface area contributed by atoms with Crippen LogP contribution in [0.3, 0.4) is 0 Å². The molecule has 0 bridgehead atoms. The Balaban J connectivity index is 1.59. The summed E-state index contributed by atoms with van der Waals surface area (Å²) in [5.74, 6) is -0.378. The van der Waals surface area contributed by atoms with Crippen molar-refractivity contribution in [2.75, 3.05) is 0 Å². The Kier molecular flexibility index (Phi) is 6.73. The standard InChI is InChI=1S/C23H24ClN3O/c1-16(19-9-8-18-4-2-3-5-20(18)12-19)27-23(28)21(13-25)15-26-14-17-6-10-22(24)11-7-17/h6-12,15-16,26H,2-5,14H2,1H3,(H,27,28)/b21-15-. The van der Waals surface area contributed by atoms with Gasteiger partial charge in [0.05, 0.1) is 6.04 Å². The van der Waals surface area contributed by atoms with Crippen LogP contribution < -0.4 is 10.6 Å². The molecule has 1 atom stereocenters. The van der Waals surface area contributed by atoms with E-state index in [0.29, 0.717) is 11.6 Å². The van der Waals surface area contributed by atoms with Crippen molar-refractivity contribution < 1.29 is 4.79 Å². The van der Waals surface area contributed by atoms with Gasteiger partial charge in [-0.1, -0.05) is 41.9 Å². The maximum atomic E-state index is 12.5. The van der Waals surface area contributed by atoms with Crippen molar-refractivity contribution in [1.29, 1.82) is 5.26 Å². The summed E-state index contributed by atoms with van der Waals surface area (Å²) in [4.78, 5) is 12.5. The second kappa shape index (κ2) is 9.43. The number of nitrogens with zero attached hydrogens (tertiary/aromatic N) is 1. The van der Waals surface area contributed by atoms with Crippen molar-refractivity contribution >= 4 is 17.5 Å². The van der Waals surface area contributed by atoms with Crippen LogP contribution >= 0.6 is 11.6 Å². The number of hydrogen-bond acceptors (Lipinski definition) is 3. The number of halogens is 1. The molecule has 0 aliphatic heterocycles. The normalized spacial score (nSPS) is 14.5. The number of aryl methyl sites for hydroxylation is 2. The minimum atomic E-state index is -0.378. The number of hydrogen-bond donors (Lipinski definition) is 2. The molecule has 2 N–H and O–H groups in total. The van der Waals surface area contributed by atoms with Crippen LogP contribution in [0.25, 0.3) is 0 Å². The lowest BCUT2D eigenvalue weighted by molar-refractivity contribution is -0.117. The van der Waals surface area contributed by atoms with Gasteiger partial charge in [0.1, 0.15) is 11.6 Å². The van der Waals surface area contributed by atoms with Crippen molar-refractivity contribution in [3.05, 3.63) is 81.5 Å². The molecule has 28 heavy (non-hydrogen) atoms. The Bertz CT molecular complexity index is 912. The summed E-state index contributed by atoms with van der Waals surface area (Å²) >= 11 is 5.87. The molecule has 0 aromatic heterocycles. The monoisotopic (exact) mass is 393 g/mol. The lowest BCUT2D eigenvalue weighted by Crippen LogP contribution is -2.28. The average molecular weight is 394 g/mol. The molecule has 0 saturated carbocycles. The topological polar surface area (TPSA) is 64.9 Å². The fraction of sp³-hybridized carbons (Fsp3) is 0.304. The Morgan fingerprint density at radius 2 is 1.89 bits per heavy atom. The van der Waals surface area contributed by atoms with Gasteiger partial charge in [-0.2, -0.15) is 5.26 Å². The molecule has 3 rings (SSSR count). The fourth-order valence-corrected chi connectivity index (χ4v) is 3.53. The molecule has 2 aromatic rings. The van der Waals surface area contributed by atoms with Gasteiger partial charge >= 0.3 is 0 Å². The number of nitriles is 1. The van der Waals surface area contributed by atoms with Crippen LogP contribution in [0.5, 0.6) is 0 Å². The van der Waals surface area contributed by atoms with E-state index in [1.165, 1.54) is 30.2 Å². The number of amides is 1. The fourth-order valence-electron chi connectivity index (χ4n) is 3.40. The molecule has 0 heterocycles. The molecule has 144 valence electrons. The van der Waals surface area contributed by atoms with E-state index in [1.807, 2.05) is 25.1 Å². The van der Waals surface area contributed by atoms with Crippen molar-refractivity contribution in [2.45, 2.75) is 45.2 Å². The third kappa shape index (κ3) is 5.15. The summed E-state index contributed by atoms with van der Waals surface area (Å²) in [7, 11) is 0. The minimum absolute atomic E-state index is 0.0544. The molecule has 1 amide bonds. The maximum Gasteiger partial charge on any atom is 0.263 e. The number of benzene rings is 2. The summed E-state index contributed by atoms with van der Waals surface area (Å²) in [6, 6.07) is 15.6. The second-order valence-electron chi connectivity index (χ2n) is 7.11. The first-order chi connectivity index (χ1) is 13.6. The number of rotatable bonds is 6. The Hall–Kier alpha value is -2.77. The quantitative estimate of drug-likeness (QED) is 0.557. The minimum Gasteiger partial charge on any atom is -0.386 e. The van der Waals surface area contributed by atoms with Crippen LogP contribution in [0.2, 0.25) is 5.02 Å². The van der Waals surface area contributed by atoms with Crippen LogP contribution in [0.15, 0.2) is 54.2 Å². The average Bonchev–Trinajstić information content (AvgIpc) is 2.72. The van der Waals surface area contributed by atoms with Gasteiger partial charge in [0.2, 0.25) is 0 Å². The SMILES string of the molecule is CC(NC(=O)/C(C#N)=C\NCc1ccc(Cl)cc1)c1ccc2c(c1)CCCC2. The van der Waals surface area contributed by atoms with Gasteiger partial charge in [0.25, 0.3) is 5.91 Å². The van der Waals surface area contributed by atoms with Gasteiger partial charge < -0.3 is 10.6 Å². The first kappa shape index (κ1) is 20.0. The van der Waals surface area contributed by atoms with Crippen molar-refractivity contribution in [3.63, 3.8) is 0 Å². The van der Waals surface area contributed by atoms with Crippen LogP contribution in [-0.4, -0.2) is 5.91 Å². The molecule has 2 aromatic carbocycles. The van der Waals surface area contributed by atoms with E-state index in [4.69, 9.17) is 11.6 Å². The number of carbonyl (C=O) groups is 1. The molecule has 5 heteroatoms. The van der Waals surface area contributed by atoms with Crippen molar-refractivity contribution in [2.24, 2.45) is 0 Å². The molecule has 0 fully saturated rings. The van der Waals surface area contributed by atoms with Gasteiger partial charge in [0.15, 0.2) is 0 Å². The van der Waals surface area contributed by atoms with Crippen molar-refractivity contribution in [3.8, 4) is 6.07 Å². The van der Waals surface area contributed by atoms with E-state index in [9.17, 15) is 10.1 Å². The van der Waals surface area contributed by atoms with E-state index < -0.39 is 0 Å². The molecule has 0 radical (unpaired) electrons. The Morgan fingerprint density at radius 3 is 2.61 bits per heavy atom. The number of carbonyl (C=O) groups excluding carboxylic acids is 1. The van der Waals surface area contributed by atoms with Gasteiger partial charge in [-0.3, -0.25) is 4.79 Å². The molecule has 1 aliphatic carbocycles. The Labute approximate surface area is 171 Å². The molecule has 4 nitrogen and oxygen atoms in total. The molecular formula is C23H24ClN3O. The predicted molar refractivity (Wildman–Crippen MR) is 112 cm³/mol. The number of fused-ring (bicyclic) bond motifs is 1. The van der Waals surface area contributed by atoms with Crippen LogP contribution in [0.1, 0.15) is 48.1 Å². The first-order valence-electron chi connectivity index (χ1n) is 9.57. The van der Waals surface area contributed by atoms with E-state index in [1.54, 1.807) is 12.1 Å². The van der Waals surface area contributed by atoms with Gasteiger partial charge in [-0.25, -0.2) is 0 Å². The maximum absolute atomic E-state index is 12.5. The van der Waals surface area contributed by atoms with Gasteiger partial charge in [0, 0.05) is 17.8 Å². The van der Waals surface area contributed by atoms with E-state index in [-0.39, 0.29) is 17.5 Å². The summed E-state index contributed by atoms with van der Waals surface area (Å²) in [6.07, 6.45) is 6.16. The zero-order valence-electron chi connectivity index (χ0n) is 16.0. The second-order valence-corrected chi connectivity index (χ2v) is 7.54. The third-order valence-corrected chi connectivity index (χ3v) is 5.30. The highest BCUT2D eigenvalue weighted by Crippen LogP contribution is 2.24. The molecule has 1 aliphatic rings. The molecule has 0 saturated heterocycles. The van der Waals surface area contributed by atoms with Gasteiger partial charge in [-0.05, 0) is 67.0 Å². The van der Waals surface area contributed by atoms with Crippen LogP contribution in [-0.2, 0) is 24.2 Å². The summed E-state index contributed by atoms with van der Waals surface area (Å²) in [6.45, 7) is 2.45. The summed E-state index contributed by atoms with van der Waals surface area (Å²) in [5.41, 5.74) is 4.93. The lowest BCUT2D eigenvalue weighted by Gasteiger charge is -2.20. The summed E-state index contributed by atoms with van der Waals surface area (Å²) in [5, 5.41) is 16.0.